The molecule has 19 heavy (non-hydrogen) atoms. The third kappa shape index (κ3) is 2.44. The Morgan fingerprint density at radius 1 is 1.00 bits per heavy atom. The molecule has 0 unspecified atom stereocenters. The Labute approximate surface area is 134 Å². The quantitative estimate of drug-likeness (QED) is 0.550. The molecule has 0 spiro atoms. The van der Waals surface area contributed by atoms with Crippen molar-refractivity contribution in [3.8, 4) is 0 Å². The average Bonchev–Trinajstić information content (AvgIpc) is 2.38. The summed E-state index contributed by atoms with van der Waals surface area (Å²) in [5.41, 5.74) is 0.0320. The van der Waals surface area contributed by atoms with Gasteiger partial charge < -0.3 is 5.11 Å². The fraction of sp³-hybridized carbons (Fsp3) is 0. The van der Waals surface area contributed by atoms with Gasteiger partial charge in [0.1, 0.15) is 0 Å². The molecule has 0 aliphatic carbocycles. The fourth-order valence-electron chi connectivity index (χ4n) is 1.94. The number of rotatable bonds is 1. The summed E-state index contributed by atoms with van der Waals surface area (Å²) in [4.78, 5) is 23.2. The molecule has 5 heteroatoms. The fourth-order valence-corrected chi connectivity index (χ4v) is 2.99. The second kappa shape index (κ2) is 5.43. The van der Waals surface area contributed by atoms with Crippen LogP contribution in [0, 0.1) is 0 Å². The maximum Gasteiger partial charge on any atom is 0.335 e. The van der Waals surface area contributed by atoms with Gasteiger partial charge in [0.2, 0.25) is 0 Å². The van der Waals surface area contributed by atoms with Crippen LogP contribution in [0.4, 0.5) is 0 Å². The number of hydrogen-bond acceptors (Lipinski definition) is 3. The minimum absolute atomic E-state index is 0. The van der Waals surface area contributed by atoms with Gasteiger partial charge in [0.15, 0.2) is 5.43 Å². The van der Waals surface area contributed by atoms with Crippen LogP contribution in [0.3, 0.4) is 0 Å². The number of carboxylic acid groups (broad SMARTS) is 1. The van der Waals surface area contributed by atoms with Crippen LogP contribution in [0.5, 0.6) is 0 Å². The van der Waals surface area contributed by atoms with Crippen LogP contribution in [0.15, 0.2) is 47.3 Å². The summed E-state index contributed by atoms with van der Waals surface area (Å²) >= 11 is 1.49. The second-order valence-corrected chi connectivity index (χ2v) is 5.03. The maximum atomic E-state index is 12.3. The molecule has 0 bridgehead atoms. The molecule has 0 saturated heterocycles. The van der Waals surface area contributed by atoms with Crippen molar-refractivity contribution in [3.05, 3.63) is 58.3 Å². The van der Waals surface area contributed by atoms with Crippen molar-refractivity contribution in [1.82, 2.24) is 0 Å². The summed E-state index contributed by atoms with van der Waals surface area (Å²) < 4.78 is 1.72. The van der Waals surface area contributed by atoms with Crippen molar-refractivity contribution in [1.29, 1.82) is 0 Å². The predicted molar refractivity (Wildman–Crippen MR) is 78.3 cm³/mol. The van der Waals surface area contributed by atoms with E-state index >= 15 is 0 Å². The number of benzene rings is 2. The van der Waals surface area contributed by atoms with E-state index in [0.717, 1.165) is 9.40 Å². The molecule has 0 atom stereocenters. The van der Waals surface area contributed by atoms with Crippen molar-refractivity contribution in [3.63, 3.8) is 0 Å². The number of carboxylic acids is 1. The van der Waals surface area contributed by atoms with Crippen LogP contribution in [-0.2, 0) is 0 Å². The summed E-state index contributed by atoms with van der Waals surface area (Å²) in [7, 11) is 0. The number of fused-ring (bicyclic) bond motifs is 2. The molecule has 0 saturated carbocycles. The minimum atomic E-state index is -1.02. The molecule has 3 nitrogen and oxygen atoms in total. The molecule has 0 fully saturated rings. The first-order valence-electron chi connectivity index (χ1n) is 5.36. The number of hydrogen-bond donors (Lipinski definition) is 1. The van der Waals surface area contributed by atoms with Gasteiger partial charge in [-0.05, 0) is 30.3 Å². The zero-order chi connectivity index (χ0) is 12.7. The summed E-state index contributed by atoms with van der Waals surface area (Å²) in [6.45, 7) is 0. The van der Waals surface area contributed by atoms with E-state index < -0.39 is 5.97 Å². The van der Waals surface area contributed by atoms with E-state index in [2.05, 4.69) is 0 Å². The smallest absolute Gasteiger partial charge is 0.335 e. The first kappa shape index (κ1) is 14.2. The SMILES string of the molecule is O=C(O)c1ccc2sc3ccccc3c(=O)c2c1.[Na]. The first-order chi connectivity index (χ1) is 8.66. The van der Waals surface area contributed by atoms with Gasteiger partial charge in [0, 0.05) is 49.7 Å². The molecule has 0 aliphatic heterocycles. The van der Waals surface area contributed by atoms with E-state index in [-0.39, 0.29) is 40.5 Å². The van der Waals surface area contributed by atoms with E-state index in [1.54, 1.807) is 12.1 Å². The van der Waals surface area contributed by atoms with Crippen LogP contribution in [-0.4, -0.2) is 40.6 Å². The summed E-state index contributed by atoms with van der Waals surface area (Å²) in [6.07, 6.45) is 0. The van der Waals surface area contributed by atoms with Gasteiger partial charge in [-0.2, -0.15) is 0 Å². The molecule has 3 aromatic rings. The third-order valence-electron chi connectivity index (χ3n) is 2.82. The van der Waals surface area contributed by atoms with E-state index in [4.69, 9.17) is 5.11 Å². The molecule has 0 aliphatic rings. The van der Waals surface area contributed by atoms with E-state index in [1.165, 1.54) is 23.5 Å². The standard InChI is InChI=1S/C14H8O3S.Na/c15-13-9-3-1-2-4-11(9)18-12-6-5-8(14(16)17)7-10(12)13;/h1-7H,(H,16,17);. The Hall–Kier alpha value is -1.20. The van der Waals surface area contributed by atoms with Gasteiger partial charge in [0.25, 0.3) is 0 Å². The third-order valence-corrected chi connectivity index (χ3v) is 3.97. The van der Waals surface area contributed by atoms with E-state index in [0.29, 0.717) is 10.8 Å². The van der Waals surface area contributed by atoms with Gasteiger partial charge in [-0.3, -0.25) is 4.79 Å². The number of carbonyl (C=O) groups is 1. The molecule has 0 amide bonds. The largest absolute Gasteiger partial charge is 0.478 e. The van der Waals surface area contributed by atoms with E-state index in [9.17, 15) is 9.59 Å². The van der Waals surface area contributed by atoms with Crippen LogP contribution in [0.2, 0.25) is 0 Å². The summed E-state index contributed by atoms with van der Waals surface area (Å²) in [5, 5.41) is 10.1. The van der Waals surface area contributed by atoms with Crippen LogP contribution in [0.25, 0.3) is 20.2 Å². The Morgan fingerprint density at radius 3 is 2.42 bits per heavy atom. The van der Waals surface area contributed by atoms with Gasteiger partial charge in [-0.25, -0.2) is 4.79 Å². The molecule has 2 aromatic carbocycles. The molecule has 1 N–H and O–H groups in total. The molecule has 3 rings (SSSR count). The van der Waals surface area contributed by atoms with Crippen LogP contribution in [0.1, 0.15) is 10.4 Å². The minimum Gasteiger partial charge on any atom is -0.478 e. The Bertz CT molecular complexity index is 839. The Kier molecular flexibility index (Phi) is 4.06. The van der Waals surface area contributed by atoms with Crippen molar-refractivity contribution >= 4 is 67.0 Å². The zero-order valence-electron chi connectivity index (χ0n) is 10.2. The zero-order valence-corrected chi connectivity index (χ0v) is 13.0. The first-order valence-corrected chi connectivity index (χ1v) is 6.17. The summed E-state index contributed by atoms with van der Waals surface area (Å²) in [6, 6.07) is 12.0. The Balaban J connectivity index is 0.00000133. The van der Waals surface area contributed by atoms with Crippen molar-refractivity contribution in [2.45, 2.75) is 0 Å². The van der Waals surface area contributed by atoms with Crippen LogP contribution < -0.4 is 5.43 Å². The summed E-state index contributed by atoms with van der Waals surface area (Å²) in [5.74, 6) is -1.02. The number of aromatic carboxylic acids is 1. The van der Waals surface area contributed by atoms with Gasteiger partial charge in [-0.15, -0.1) is 11.3 Å². The molecule has 1 aromatic heterocycles. The predicted octanol–water partition coefficient (Wildman–Crippen LogP) is 2.73. The van der Waals surface area contributed by atoms with Crippen molar-refractivity contribution in [2.24, 2.45) is 0 Å². The molecular formula is C14H8NaO3S. The molecule has 1 radical (unpaired) electrons. The van der Waals surface area contributed by atoms with Crippen LogP contribution >= 0.6 is 11.3 Å². The second-order valence-electron chi connectivity index (χ2n) is 3.94. The monoisotopic (exact) mass is 279 g/mol. The normalized spacial score (nSPS) is 10.3. The van der Waals surface area contributed by atoms with Gasteiger partial charge in [-0.1, -0.05) is 12.1 Å². The van der Waals surface area contributed by atoms with Crippen molar-refractivity contribution < 1.29 is 9.90 Å². The molecular weight excluding hydrogens is 271 g/mol. The average molecular weight is 279 g/mol. The van der Waals surface area contributed by atoms with Crippen molar-refractivity contribution in [2.75, 3.05) is 0 Å². The van der Waals surface area contributed by atoms with E-state index in [1.807, 2.05) is 18.2 Å². The Morgan fingerprint density at radius 2 is 1.68 bits per heavy atom. The topological polar surface area (TPSA) is 54.4 Å². The van der Waals surface area contributed by atoms with Gasteiger partial charge >= 0.3 is 5.97 Å². The molecule has 89 valence electrons. The van der Waals surface area contributed by atoms with Gasteiger partial charge in [0.05, 0.1) is 5.56 Å². The maximum absolute atomic E-state index is 12.3. The molecule has 1 heterocycles.